The number of hydrogen-bond donors (Lipinski definition) is 3. The second-order valence-electron chi connectivity index (χ2n) is 5.86. The fourth-order valence-electron chi connectivity index (χ4n) is 2.78. The zero-order valence-corrected chi connectivity index (χ0v) is 14.5. The third-order valence-electron chi connectivity index (χ3n) is 4.11. The Morgan fingerprint density at radius 2 is 1.85 bits per heavy atom. The molecule has 0 saturated heterocycles. The third kappa shape index (κ3) is 4.38. The van der Waals surface area contributed by atoms with Crippen LogP contribution in [0, 0.1) is 0 Å². The first kappa shape index (κ1) is 17.5. The summed E-state index contributed by atoms with van der Waals surface area (Å²) in [4.78, 5) is 16.5. The molecule has 0 spiro atoms. The van der Waals surface area contributed by atoms with E-state index in [9.17, 15) is 4.79 Å². The Morgan fingerprint density at radius 3 is 2.46 bits per heavy atom. The van der Waals surface area contributed by atoms with Crippen LogP contribution in [0.1, 0.15) is 29.3 Å². The van der Waals surface area contributed by atoms with Gasteiger partial charge in [-0.25, -0.2) is 0 Å². The van der Waals surface area contributed by atoms with Gasteiger partial charge in [-0.05, 0) is 23.3 Å². The number of methoxy groups -OCH3 is 1. The van der Waals surface area contributed by atoms with Crippen molar-refractivity contribution in [1.82, 2.24) is 20.5 Å². The lowest BCUT2D eigenvalue weighted by Gasteiger charge is -2.18. The van der Waals surface area contributed by atoms with E-state index in [1.165, 1.54) is 0 Å². The van der Waals surface area contributed by atoms with Crippen molar-refractivity contribution in [1.29, 1.82) is 0 Å². The number of rotatable bonds is 7. The summed E-state index contributed by atoms with van der Waals surface area (Å²) in [6, 6.07) is 17.7. The van der Waals surface area contributed by atoms with Crippen molar-refractivity contribution in [3.8, 4) is 5.75 Å². The molecule has 0 aliphatic carbocycles. The molecule has 7 nitrogen and oxygen atoms in total. The van der Waals surface area contributed by atoms with Gasteiger partial charge in [0.2, 0.25) is 11.9 Å². The molecule has 1 heterocycles. The molecular formula is C19H21N5O2. The maximum atomic E-state index is 12.5. The topological polar surface area (TPSA) is 106 Å². The molecule has 2 aromatic carbocycles. The molecular weight excluding hydrogens is 330 g/mol. The lowest BCUT2D eigenvalue weighted by atomic mass is 9.88. The van der Waals surface area contributed by atoms with Crippen LogP contribution in [0.5, 0.6) is 5.75 Å². The van der Waals surface area contributed by atoms with Gasteiger partial charge in [0.05, 0.1) is 13.7 Å². The van der Waals surface area contributed by atoms with Crippen molar-refractivity contribution in [3.63, 3.8) is 0 Å². The smallest absolute Gasteiger partial charge is 0.239 e. The van der Waals surface area contributed by atoms with E-state index in [1.54, 1.807) is 7.11 Å². The number of nitrogens with zero attached hydrogens (tertiary/aromatic N) is 2. The number of nitrogens with one attached hydrogen (secondary N) is 2. The lowest BCUT2D eigenvalue weighted by molar-refractivity contribution is -0.121. The Labute approximate surface area is 151 Å². The molecule has 1 amide bonds. The van der Waals surface area contributed by atoms with E-state index in [2.05, 4.69) is 20.5 Å². The van der Waals surface area contributed by atoms with Crippen molar-refractivity contribution in [2.45, 2.75) is 18.9 Å². The summed E-state index contributed by atoms with van der Waals surface area (Å²) in [7, 11) is 1.63. The van der Waals surface area contributed by atoms with Crippen molar-refractivity contribution >= 4 is 11.9 Å². The molecule has 26 heavy (non-hydrogen) atoms. The number of amides is 1. The van der Waals surface area contributed by atoms with Crippen molar-refractivity contribution in [2.24, 2.45) is 0 Å². The largest absolute Gasteiger partial charge is 0.497 e. The Balaban J connectivity index is 1.73. The zero-order chi connectivity index (χ0) is 18.4. The Bertz CT molecular complexity index is 846. The molecule has 1 atom stereocenters. The van der Waals surface area contributed by atoms with Crippen LogP contribution in [-0.4, -0.2) is 28.2 Å². The van der Waals surface area contributed by atoms with Gasteiger partial charge >= 0.3 is 0 Å². The summed E-state index contributed by atoms with van der Waals surface area (Å²) in [5, 5.41) is 9.27. The summed E-state index contributed by atoms with van der Waals surface area (Å²) in [5.74, 6) is 1.34. The van der Waals surface area contributed by atoms with E-state index in [1.807, 2.05) is 54.6 Å². The molecule has 7 heteroatoms. The van der Waals surface area contributed by atoms with Crippen LogP contribution in [0.15, 0.2) is 54.6 Å². The van der Waals surface area contributed by atoms with Gasteiger partial charge in [-0.3, -0.25) is 9.89 Å². The molecule has 3 aromatic rings. The van der Waals surface area contributed by atoms with Gasteiger partial charge in [0.15, 0.2) is 0 Å². The van der Waals surface area contributed by atoms with E-state index in [0.717, 1.165) is 16.9 Å². The molecule has 0 radical (unpaired) electrons. The lowest BCUT2D eigenvalue weighted by Crippen LogP contribution is -2.25. The van der Waals surface area contributed by atoms with Crippen molar-refractivity contribution < 1.29 is 9.53 Å². The van der Waals surface area contributed by atoms with Crippen LogP contribution >= 0.6 is 0 Å². The number of aromatic nitrogens is 3. The predicted octanol–water partition coefficient (Wildman–Crippen LogP) is 2.23. The van der Waals surface area contributed by atoms with Crippen molar-refractivity contribution in [3.05, 3.63) is 71.5 Å². The van der Waals surface area contributed by atoms with Gasteiger partial charge in [-0.1, -0.05) is 42.5 Å². The highest BCUT2D eigenvalue weighted by Gasteiger charge is 2.18. The van der Waals surface area contributed by atoms with Crippen LogP contribution in [0.4, 0.5) is 5.95 Å². The summed E-state index contributed by atoms with van der Waals surface area (Å²) in [6.45, 7) is 0.257. The van der Waals surface area contributed by atoms with E-state index >= 15 is 0 Å². The highest BCUT2D eigenvalue weighted by atomic mass is 16.5. The molecule has 3 rings (SSSR count). The Morgan fingerprint density at radius 1 is 1.15 bits per heavy atom. The van der Waals surface area contributed by atoms with Crippen LogP contribution in [0.2, 0.25) is 0 Å². The Hall–Kier alpha value is -3.35. The average Bonchev–Trinajstić information content (AvgIpc) is 3.10. The number of benzene rings is 2. The SMILES string of the molecule is COc1ccc(C(CC(=O)NCc2nc(N)n[nH]2)c2ccccc2)cc1. The molecule has 0 bridgehead atoms. The fourth-order valence-corrected chi connectivity index (χ4v) is 2.78. The molecule has 4 N–H and O–H groups in total. The van der Waals surface area contributed by atoms with E-state index in [-0.39, 0.29) is 24.3 Å². The van der Waals surface area contributed by atoms with E-state index in [0.29, 0.717) is 12.2 Å². The third-order valence-corrected chi connectivity index (χ3v) is 4.11. The summed E-state index contributed by atoms with van der Waals surface area (Å²) in [5.41, 5.74) is 7.60. The van der Waals surface area contributed by atoms with Gasteiger partial charge < -0.3 is 15.8 Å². The predicted molar refractivity (Wildman–Crippen MR) is 98.5 cm³/mol. The standard InChI is InChI=1S/C19H21N5O2/c1-26-15-9-7-14(8-10-15)16(13-5-3-2-4-6-13)11-18(25)21-12-17-22-19(20)24-23-17/h2-10,16H,11-12H2,1H3,(H,21,25)(H3,20,22,23,24). The van der Waals surface area contributed by atoms with Crippen LogP contribution in [-0.2, 0) is 11.3 Å². The summed E-state index contributed by atoms with van der Waals surface area (Å²) < 4.78 is 5.22. The maximum Gasteiger partial charge on any atom is 0.239 e. The van der Waals surface area contributed by atoms with Gasteiger partial charge in [0, 0.05) is 12.3 Å². The molecule has 1 unspecified atom stereocenters. The minimum Gasteiger partial charge on any atom is -0.497 e. The second-order valence-corrected chi connectivity index (χ2v) is 5.86. The molecule has 0 aliphatic heterocycles. The first-order valence-electron chi connectivity index (χ1n) is 8.28. The average molecular weight is 351 g/mol. The minimum atomic E-state index is -0.0790. The molecule has 1 aromatic heterocycles. The van der Waals surface area contributed by atoms with Crippen molar-refractivity contribution in [2.75, 3.05) is 12.8 Å². The number of aromatic amines is 1. The first-order valence-corrected chi connectivity index (χ1v) is 8.28. The number of carbonyl (C=O) groups excluding carboxylic acids is 1. The fraction of sp³-hybridized carbons (Fsp3) is 0.211. The number of hydrogen-bond acceptors (Lipinski definition) is 5. The molecule has 0 saturated carbocycles. The molecule has 0 aliphatic rings. The second kappa shape index (κ2) is 8.15. The minimum absolute atomic E-state index is 0.0538. The number of anilines is 1. The maximum absolute atomic E-state index is 12.5. The van der Waals surface area contributed by atoms with E-state index in [4.69, 9.17) is 10.5 Å². The summed E-state index contributed by atoms with van der Waals surface area (Å²) >= 11 is 0. The van der Waals surface area contributed by atoms with Gasteiger partial charge in [-0.2, -0.15) is 4.98 Å². The quantitative estimate of drug-likeness (QED) is 0.605. The Kier molecular flexibility index (Phi) is 5.48. The van der Waals surface area contributed by atoms with Crippen LogP contribution < -0.4 is 15.8 Å². The van der Waals surface area contributed by atoms with Gasteiger partial charge in [-0.15, -0.1) is 5.10 Å². The van der Waals surface area contributed by atoms with E-state index < -0.39 is 0 Å². The number of H-pyrrole nitrogens is 1. The number of nitrogen functional groups attached to an aromatic ring is 1. The normalized spacial score (nSPS) is 11.7. The zero-order valence-electron chi connectivity index (χ0n) is 14.5. The summed E-state index contributed by atoms with van der Waals surface area (Å²) in [6.07, 6.45) is 0.319. The van der Waals surface area contributed by atoms with Crippen LogP contribution in [0.25, 0.3) is 0 Å². The highest BCUT2D eigenvalue weighted by molar-refractivity contribution is 5.77. The first-order chi connectivity index (χ1) is 12.7. The molecule has 134 valence electrons. The van der Waals surface area contributed by atoms with Gasteiger partial charge in [0.25, 0.3) is 0 Å². The van der Waals surface area contributed by atoms with Gasteiger partial charge in [0.1, 0.15) is 11.6 Å². The van der Waals surface area contributed by atoms with Crippen LogP contribution in [0.3, 0.4) is 0 Å². The molecule has 0 fully saturated rings. The highest BCUT2D eigenvalue weighted by Crippen LogP contribution is 2.29. The number of nitrogens with two attached hydrogens (primary N) is 1. The number of carbonyl (C=O) groups is 1. The number of ether oxygens (including phenoxy) is 1. The monoisotopic (exact) mass is 351 g/mol.